The summed E-state index contributed by atoms with van der Waals surface area (Å²) in [5.41, 5.74) is -1.37. The summed E-state index contributed by atoms with van der Waals surface area (Å²) in [6.45, 7) is 2.54. The Morgan fingerprint density at radius 3 is 1.72 bits per heavy atom. The van der Waals surface area contributed by atoms with Gasteiger partial charge in [-0.3, -0.25) is 20.4 Å². The van der Waals surface area contributed by atoms with Gasteiger partial charge in [-0.25, -0.2) is 0 Å². The van der Waals surface area contributed by atoms with Gasteiger partial charge >= 0.3 is 12.4 Å². The molecule has 0 atom stereocenters. The highest BCUT2D eigenvalue weighted by molar-refractivity contribution is 6.03. The third-order valence-electron chi connectivity index (χ3n) is 5.54. The average molecular weight is 510 g/mol. The van der Waals surface area contributed by atoms with Crippen molar-refractivity contribution in [3.05, 3.63) is 94.5 Å². The van der Waals surface area contributed by atoms with Gasteiger partial charge in [0.25, 0.3) is 17.4 Å². The quantitative estimate of drug-likeness (QED) is 0.327. The average Bonchev–Trinajstić information content (AvgIpc) is 2.80. The van der Waals surface area contributed by atoms with E-state index in [1.807, 2.05) is 0 Å². The molecular weight excluding hydrogens is 490 g/mol. The fraction of sp³-hybridized carbons (Fsp3) is 0.200. The molecule has 0 unspecified atom stereocenters. The number of amides is 2. The van der Waals surface area contributed by atoms with Gasteiger partial charge in [0.05, 0.1) is 0 Å². The smallest absolute Gasteiger partial charge is 0.369 e. The number of hydrogen-bond donors (Lipinski definition) is 3. The first-order valence-corrected chi connectivity index (χ1v) is 10.4. The lowest BCUT2D eigenvalue weighted by Gasteiger charge is -2.33. The SMILES string of the molecule is Cc1cc(C(O)(C(F)(F)F)C(F)(F)F)cc(C)c1-c1ccccc1C(=O)NNC(=O)c1ccccc1. The Labute approximate surface area is 201 Å². The predicted octanol–water partition coefficient (Wildman–Crippen LogP) is 5.36. The molecule has 3 N–H and O–H groups in total. The van der Waals surface area contributed by atoms with Crippen molar-refractivity contribution in [2.24, 2.45) is 0 Å². The third-order valence-corrected chi connectivity index (χ3v) is 5.54. The van der Waals surface area contributed by atoms with E-state index in [1.54, 1.807) is 18.2 Å². The second-order valence-corrected chi connectivity index (χ2v) is 8.01. The number of nitrogens with one attached hydrogen (secondary N) is 2. The summed E-state index contributed by atoms with van der Waals surface area (Å²) < 4.78 is 80.1. The molecule has 3 aromatic carbocycles. The topological polar surface area (TPSA) is 78.4 Å². The van der Waals surface area contributed by atoms with E-state index in [2.05, 4.69) is 10.9 Å². The molecule has 0 radical (unpaired) electrons. The van der Waals surface area contributed by atoms with Crippen molar-refractivity contribution in [2.75, 3.05) is 0 Å². The molecule has 0 saturated heterocycles. The maximum Gasteiger partial charge on any atom is 0.430 e. The van der Waals surface area contributed by atoms with Crippen molar-refractivity contribution in [2.45, 2.75) is 31.8 Å². The number of halogens is 6. The molecule has 11 heteroatoms. The van der Waals surface area contributed by atoms with E-state index in [4.69, 9.17) is 0 Å². The third kappa shape index (κ3) is 4.92. The summed E-state index contributed by atoms with van der Waals surface area (Å²) in [6.07, 6.45) is -12.1. The fourth-order valence-corrected chi connectivity index (χ4v) is 3.83. The van der Waals surface area contributed by atoms with Crippen molar-refractivity contribution >= 4 is 11.8 Å². The summed E-state index contributed by atoms with van der Waals surface area (Å²) in [5, 5.41) is 9.77. The molecule has 0 fully saturated rings. The molecule has 5 nitrogen and oxygen atoms in total. The number of carbonyl (C=O) groups is 2. The first-order chi connectivity index (χ1) is 16.7. The molecule has 0 bridgehead atoms. The Balaban J connectivity index is 2.00. The van der Waals surface area contributed by atoms with E-state index in [1.165, 1.54) is 50.2 Å². The van der Waals surface area contributed by atoms with E-state index >= 15 is 0 Å². The Kier molecular flexibility index (Phi) is 7.17. The van der Waals surface area contributed by atoms with E-state index in [0.717, 1.165) is 0 Å². The van der Waals surface area contributed by atoms with Crippen LogP contribution in [-0.4, -0.2) is 29.3 Å². The lowest BCUT2D eigenvalue weighted by atomic mass is 9.85. The monoisotopic (exact) mass is 510 g/mol. The lowest BCUT2D eigenvalue weighted by Crippen LogP contribution is -2.54. The molecule has 3 aromatic rings. The van der Waals surface area contributed by atoms with Gasteiger partial charge in [0.1, 0.15) is 0 Å². The maximum atomic E-state index is 13.4. The number of aliphatic hydroxyl groups is 1. The molecule has 0 aliphatic carbocycles. The number of alkyl halides is 6. The van der Waals surface area contributed by atoms with E-state index in [-0.39, 0.29) is 33.4 Å². The van der Waals surface area contributed by atoms with Crippen LogP contribution in [0.5, 0.6) is 0 Å². The summed E-state index contributed by atoms with van der Waals surface area (Å²) in [5.74, 6) is -1.36. The second kappa shape index (κ2) is 9.65. The Morgan fingerprint density at radius 2 is 1.19 bits per heavy atom. The van der Waals surface area contributed by atoms with Crippen LogP contribution in [0.3, 0.4) is 0 Å². The molecule has 0 aromatic heterocycles. The van der Waals surface area contributed by atoms with Gasteiger partial charge in [0.2, 0.25) is 0 Å². The normalized spacial score (nSPS) is 12.2. The van der Waals surface area contributed by atoms with Crippen molar-refractivity contribution in [1.29, 1.82) is 0 Å². The van der Waals surface area contributed by atoms with Crippen LogP contribution in [0.25, 0.3) is 11.1 Å². The largest absolute Gasteiger partial charge is 0.430 e. The van der Waals surface area contributed by atoms with Crippen LogP contribution in [-0.2, 0) is 5.60 Å². The zero-order valence-electron chi connectivity index (χ0n) is 18.9. The fourth-order valence-electron chi connectivity index (χ4n) is 3.83. The molecular formula is C25H20F6N2O3. The van der Waals surface area contributed by atoms with Gasteiger partial charge in [-0.05, 0) is 54.3 Å². The molecule has 0 heterocycles. The van der Waals surface area contributed by atoms with Crippen LogP contribution in [0, 0.1) is 13.8 Å². The van der Waals surface area contributed by atoms with Gasteiger partial charge in [0.15, 0.2) is 0 Å². The first-order valence-electron chi connectivity index (χ1n) is 10.4. The highest BCUT2D eigenvalue weighted by atomic mass is 19.4. The van der Waals surface area contributed by atoms with Gasteiger partial charge in [-0.15, -0.1) is 0 Å². The van der Waals surface area contributed by atoms with Crippen molar-refractivity contribution in [3.8, 4) is 11.1 Å². The number of benzene rings is 3. The van der Waals surface area contributed by atoms with Crippen molar-refractivity contribution in [1.82, 2.24) is 10.9 Å². The molecule has 3 rings (SSSR count). The van der Waals surface area contributed by atoms with E-state index in [9.17, 15) is 41.0 Å². The van der Waals surface area contributed by atoms with Crippen LogP contribution in [0.15, 0.2) is 66.7 Å². The molecule has 190 valence electrons. The maximum absolute atomic E-state index is 13.4. The summed E-state index contributed by atoms with van der Waals surface area (Å²) in [6, 6.07) is 15.1. The predicted molar refractivity (Wildman–Crippen MR) is 119 cm³/mol. The highest BCUT2D eigenvalue weighted by Gasteiger charge is 2.71. The lowest BCUT2D eigenvalue weighted by molar-refractivity contribution is -0.376. The summed E-state index contributed by atoms with van der Waals surface area (Å²) in [4.78, 5) is 25.0. The molecule has 2 amide bonds. The van der Waals surface area contributed by atoms with Crippen LogP contribution in [0.1, 0.15) is 37.4 Å². The second-order valence-electron chi connectivity index (χ2n) is 8.01. The van der Waals surface area contributed by atoms with Crippen LogP contribution < -0.4 is 10.9 Å². The molecule has 0 aliphatic rings. The standard InChI is InChI=1S/C25H20F6N2O3/c1-14-12-17(23(36,24(26,27)28)25(29,30)31)13-15(2)20(14)18-10-6-7-11-19(18)22(35)33-32-21(34)16-8-4-3-5-9-16/h3-13,36H,1-2H3,(H,32,34)(H,33,35). The number of hydrogen-bond acceptors (Lipinski definition) is 3. The zero-order chi connectivity index (χ0) is 26.9. The molecule has 0 spiro atoms. The van der Waals surface area contributed by atoms with Gasteiger partial charge < -0.3 is 5.11 Å². The first kappa shape index (κ1) is 26.7. The minimum Gasteiger partial charge on any atom is -0.369 e. The summed E-state index contributed by atoms with van der Waals surface area (Å²) in [7, 11) is 0. The highest BCUT2D eigenvalue weighted by Crippen LogP contribution is 2.51. The zero-order valence-corrected chi connectivity index (χ0v) is 18.9. The minimum absolute atomic E-state index is 0.00622. The number of carbonyl (C=O) groups excluding carboxylic acids is 2. The molecule has 0 saturated carbocycles. The van der Waals surface area contributed by atoms with Gasteiger partial charge in [-0.2, -0.15) is 26.3 Å². The number of hydrazine groups is 1. The van der Waals surface area contributed by atoms with Crippen LogP contribution >= 0.6 is 0 Å². The van der Waals surface area contributed by atoms with Crippen molar-refractivity contribution in [3.63, 3.8) is 0 Å². The Morgan fingerprint density at radius 1 is 0.722 bits per heavy atom. The van der Waals surface area contributed by atoms with Crippen LogP contribution in [0.4, 0.5) is 26.3 Å². The molecule has 0 aliphatic heterocycles. The number of rotatable bonds is 4. The van der Waals surface area contributed by atoms with E-state index in [0.29, 0.717) is 12.1 Å². The number of aryl methyl sites for hydroxylation is 2. The van der Waals surface area contributed by atoms with E-state index < -0.39 is 35.3 Å². The minimum atomic E-state index is -6.03. The van der Waals surface area contributed by atoms with Crippen molar-refractivity contribution < 1.29 is 41.0 Å². The Bertz CT molecular complexity index is 1250. The van der Waals surface area contributed by atoms with Gasteiger partial charge in [0, 0.05) is 16.7 Å². The van der Waals surface area contributed by atoms with Gasteiger partial charge in [-0.1, -0.05) is 48.5 Å². The molecule has 36 heavy (non-hydrogen) atoms. The summed E-state index contributed by atoms with van der Waals surface area (Å²) >= 11 is 0. The van der Waals surface area contributed by atoms with Crippen LogP contribution in [0.2, 0.25) is 0 Å². The Hall–Kier alpha value is -3.86.